The third kappa shape index (κ3) is 1.63. The number of carbonyl (C=O) groups excluding carboxylic acids is 1. The molecule has 78 valence electrons. The lowest BCUT2D eigenvalue weighted by molar-refractivity contribution is 0.0948. The van der Waals surface area contributed by atoms with Crippen LogP contribution < -0.4 is 4.74 Å². The van der Waals surface area contributed by atoms with Crippen LogP contribution in [0.2, 0.25) is 0 Å². The normalized spacial score (nSPS) is 19.5. The van der Waals surface area contributed by atoms with Crippen molar-refractivity contribution in [2.75, 3.05) is 7.11 Å². The molecular weight excluding hydrogens is 194 g/mol. The number of fused-ring (bicyclic) bond motifs is 1. The maximum atomic E-state index is 11.8. The average molecular weight is 205 g/mol. The van der Waals surface area contributed by atoms with Crippen LogP contribution in [0.1, 0.15) is 22.3 Å². The molecule has 0 radical (unpaired) electrons. The number of hydrogen-bond donors (Lipinski definition) is 0. The standard InChI is InChI=1S/C11H11NO3/c1-15-8-4-2-7-3-5-10(12-14)11(13)9(7)6-8/h2,4,6,10H,3,5H2,1H3. The number of ketones is 1. The Kier molecular flexibility index (Phi) is 2.49. The van der Waals surface area contributed by atoms with Crippen molar-refractivity contribution < 1.29 is 9.53 Å². The molecule has 1 aliphatic rings. The Labute approximate surface area is 87.2 Å². The predicted molar refractivity (Wildman–Crippen MR) is 55.2 cm³/mol. The minimum absolute atomic E-state index is 0.190. The molecule has 0 amide bonds. The molecule has 1 atom stereocenters. The van der Waals surface area contributed by atoms with Crippen LogP contribution in [0.5, 0.6) is 5.75 Å². The zero-order chi connectivity index (χ0) is 10.8. The smallest absolute Gasteiger partial charge is 0.191 e. The van der Waals surface area contributed by atoms with Crippen molar-refractivity contribution in [3.8, 4) is 5.75 Å². The summed E-state index contributed by atoms with van der Waals surface area (Å²) < 4.78 is 5.04. The van der Waals surface area contributed by atoms with Crippen LogP contribution in [0.4, 0.5) is 0 Å². The predicted octanol–water partition coefficient (Wildman–Crippen LogP) is 1.96. The van der Waals surface area contributed by atoms with Gasteiger partial charge in [-0.3, -0.25) is 4.79 Å². The number of nitrogens with zero attached hydrogens (tertiary/aromatic N) is 1. The largest absolute Gasteiger partial charge is 0.497 e. The Balaban J connectivity index is 2.44. The number of ether oxygens (including phenoxy) is 1. The van der Waals surface area contributed by atoms with E-state index in [4.69, 9.17) is 4.74 Å². The second kappa shape index (κ2) is 3.81. The summed E-state index contributed by atoms with van der Waals surface area (Å²) in [4.78, 5) is 22.2. The molecule has 15 heavy (non-hydrogen) atoms. The van der Waals surface area contributed by atoms with Crippen molar-refractivity contribution in [1.29, 1.82) is 0 Å². The van der Waals surface area contributed by atoms with Gasteiger partial charge in [-0.15, -0.1) is 0 Å². The fourth-order valence-corrected chi connectivity index (χ4v) is 1.83. The van der Waals surface area contributed by atoms with Gasteiger partial charge in [0.05, 0.1) is 7.11 Å². The first-order valence-electron chi connectivity index (χ1n) is 4.80. The second-order valence-electron chi connectivity index (χ2n) is 3.55. The fourth-order valence-electron chi connectivity index (χ4n) is 1.83. The SMILES string of the molecule is COc1ccc2c(c1)C(=O)C(N=O)CC2. The van der Waals surface area contributed by atoms with Crippen LogP contribution in [-0.4, -0.2) is 18.9 Å². The quantitative estimate of drug-likeness (QED) is 0.693. The number of carbonyl (C=O) groups is 1. The van der Waals surface area contributed by atoms with Crippen molar-refractivity contribution in [2.24, 2.45) is 5.18 Å². The van der Waals surface area contributed by atoms with E-state index >= 15 is 0 Å². The van der Waals surface area contributed by atoms with E-state index in [1.54, 1.807) is 13.2 Å². The number of methoxy groups -OCH3 is 1. The van der Waals surface area contributed by atoms with Gasteiger partial charge in [0.2, 0.25) is 0 Å². The number of rotatable bonds is 2. The molecule has 1 unspecified atom stereocenters. The van der Waals surface area contributed by atoms with E-state index < -0.39 is 6.04 Å². The van der Waals surface area contributed by atoms with Gasteiger partial charge in [-0.1, -0.05) is 11.2 Å². The Morgan fingerprint density at radius 2 is 2.27 bits per heavy atom. The summed E-state index contributed by atoms with van der Waals surface area (Å²) in [5.41, 5.74) is 1.55. The van der Waals surface area contributed by atoms with Crippen LogP contribution in [0.3, 0.4) is 0 Å². The van der Waals surface area contributed by atoms with Crippen molar-refractivity contribution in [3.05, 3.63) is 34.2 Å². The van der Waals surface area contributed by atoms with Crippen LogP contribution in [0.15, 0.2) is 23.4 Å². The van der Waals surface area contributed by atoms with E-state index in [2.05, 4.69) is 5.18 Å². The Morgan fingerprint density at radius 1 is 1.47 bits per heavy atom. The van der Waals surface area contributed by atoms with E-state index in [0.29, 0.717) is 17.7 Å². The lowest BCUT2D eigenvalue weighted by Crippen LogP contribution is -2.25. The van der Waals surface area contributed by atoms with Crippen LogP contribution in [0, 0.1) is 4.91 Å². The lowest BCUT2D eigenvalue weighted by Gasteiger charge is -2.18. The first-order valence-corrected chi connectivity index (χ1v) is 4.80. The Hall–Kier alpha value is -1.71. The molecule has 1 aliphatic carbocycles. The third-order valence-corrected chi connectivity index (χ3v) is 2.70. The molecule has 0 fully saturated rings. The van der Waals surface area contributed by atoms with E-state index in [1.807, 2.05) is 12.1 Å². The van der Waals surface area contributed by atoms with Crippen LogP contribution >= 0.6 is 0 Å². The first-order chi connectivity index (χ1) is 7.26. The van der Waals surface area contributed by atoms with Gasteiger partial charge in [-0.25, -0.2) is 0 Å². The molecule has 1 aromatic carbocycles. The maximum Gasteiger partial charge on any atom is 0.191 e. The van der Waals surface area contributed by atoms with Crippen molar-refractivity contribution in [2.45, 2.75) is 18.9 Å². The highest BCUT2D eigenvalue weighted by Crippen LogP contribution is 2.26. The van der Waals surface area contributed by atoms with E-state index in [1.165, 1.54) is 0 Å². The molecule has 0 aromatic heterocycles. The molecule has 0 saturated carbocycles. The number of benzene rings is 1. The van der Waals surface area contributed by atoms with E-state index in [-0.39, 0.29) is 5.78 Å². The number of nitroso groups, excluding NO2 is 1. The average Bonchev–Trinajstić information content (AvgIpc) is 2.29. The summed E-state index contributed by atoms with van der Waals surface area (Å²) >= 11 is 0. The highest BCUT2D eigenvalue weighted by molar-refractivity contribution is 6.02. The van der Waals surface area contributed by atoms with Gasteiger partial charge in [0.25, 0.3) is 0 Å². The van der Waals surface area contributed by atoms with Crippen LogP contribution in [0.25, 0.3) is 0 Å². The van der Waals surface area contributed by atoms with Gasteiger partial charge in [-0.2, -0.15) is 4.91 Å². The fraction of sp³-hybridized carbons (Fsp3) is 0.364. The maximum absolute atomic E-state index is 11.8. The molecule has 0 bridgehead atoms. The van der Waals surface area contributed by atoms with Gasteiger partial charge in [0.15, 0.2) is 11.8 Å². The zero-order valence-corrected chi connectivity index (χ0v) is 8.40. The summed E-state index contributed by atoms with van der Waals surface area (Å²) in [6.45, 7) is 0. The minimum Gasteiger partial charge on any atom is -0.497 e. The van der Waals surface area contributed by atoms with Gasteiger partial charge in [0, 0.05) is 5.56 Å². The number of hydrogen-bond acceptors (Lipinski definition) is 4. The van der Waals surface area contributed by atoms with Crippen LogP contribution in [-0.2, 0) is 6.42 Å². The highest BCUT2D eigenvalue weighted by Gasteiger charge is 2.28. The number of aryl methyl sites for hydroxylation is 1. The molecule has 0 spiro atoms. The molecule has 0 saturated heterocycles. The van der Waals surface area contributed by atoms with Gasteiger partial charge < -0.3 is 4.74 Å². The zero-order valence-electron chi connectivity index (χ0n) is 8.40. The Bertz CT molecular complexity index is 414. The lowest BCUT2D eigenvalue weighted by atomic mass is 9.87. The summed E-state index contributed by atoms with van der Waals surface area (Å²) in [7, 11) is 1.55. The van der Waals surface area contributed by atoms with Gasteiger partial charge in [-0.05, 0) is 30.5 Å². The molecule has 4 heteroatoms. The minimum atomic E-state index is -0.718. The summed E-state index contributed by atoms with van der Waals surface area (Å²) in [5.74, 6) is 0.443. The monoisotopic (exact) mass is 205 g/mol. The molecule has 4 nitrogen and oxygen atoms in total. The molecule has 0 heterocycles. The highest BCUT2D eigenvalue weighted by atomic mass is 16.5. The second-order valence-corrected chi connectivity index (χ2v) is 3.55. The van der Waals surface area contributed by atoms with Crippen molar-refractivity contribution in [1.82, 2.24) is 0 Å². The topological polar surface area (TPSA) is 55.7 Å². The molecule has 2 rings (SSSR count). The van der Waals surface area contributed by atoms with Crippen molar-refractivity contribution in [3.63, 3.8) is 0 Å². The molecule has 1 aromatic rings. The Morgan fingerprint density at radius 3 is 2.93 bits per heavy atom. The molecule has 0 aliphatic heterocycles. The third-order valence-electron chi connectivity index (χ3n) is 2.70. The van der Waals surface area contributed by atoms with Gasteiger partial charge in [0.1, 0.15) is 5.75 Å². The first kappa shape index (κ1) is 9.83. The van der Waals surface area contributed by atoms with Gasteiger partial charge >= 0.3 is 0 Å². The molecule has 0 N–H and O–H groups in total. The summed E-state index contributed by atoms with van der Waals surface area (Å²) in [6.07, 6.45) is 1.24. The summed E-state index contributed by atoms with van der Waals surface area (Å²) in [5, 5.41) is 2.84. The van der Waals surface area contributed by atoms with E-state index in [0.717, 1.165) is 12.0 Å². The van der Waals surface area contributed by atoms with E-state index in [9.17, 15) is 9.70 Å². The van der Waals surface area contributed by atoms with Crippen molar-refractivity contribution >= 4 is 5.78 Å². The summed E-state index contributed by atoms with van der Waals surface area (Å²) in [6, 6.07) is 4.65. The number of Topliss-reactive ketones (excluding diaryl/α,β-unsaturated/α-hetero) is 1. The molecular formula is C11H11NO3.